The number of hydrogen-bond acceptors (Lipinski definition) is 3. The minimum Gasteiger partial charge on any atom is -0.299 e. The molecule has 2 fully saturated rings. The van der Waals surface area contributed by atoms with Gasteiger partial charge in [-0.05, 0) is 12.8 Å². The van der Waals surface area contributed by atoms with Crippen LogP contribution in [0.25, 0.3) is 0 Å². The lowest BCUT2D eigenvalue weighted by Crippen LogP contribution is -2.43. The lowest BCUT2D eigenvalue weighted by molar-refractivity contribution is -0.147. The van der Waals surface area contributed by atoms with E-state index < -0.39 is 5.41 Å². The number of Topliss-reactive ketones (excluding diaryl/α,β-unsaturated/α-hetero) is 3. The largest absolute Gasteiger partial charge is 0.299 e. The second kappa shape index (κ2) is 2.76. The van der Waals surface area contributed by atoms with Crippen LogP contribution in [-0.2, 0) is 14.4 Å². The Morgan fingerprint density at radius 2 is 1.31 bits per heavy atom. The summed E-state index contributed by atoms with van der Waals surface area (Å²) in [6.45, 7) is 0. The van der Waals surface area contributed by atoms with E-state index in [0.29, 0.717) is 12.8 Å². The van der Waals surface area contributed by atoms with E-state index in [2.05, 4.69) is 0 Å². The molecule has 3 nitrogen and oxygen atoms in total. The molecular weight excluding hydrogens is 168 g/mol. The van der Waals surface area contributed by atoms with Gasteiger partial charge < -0.3 is 0 Å². The van der Waals surface area contributed by atoms with Crippen LogP contribution in [0.3, 0.4) is 0 Å². The minimum absolute atomic E-state index is 0.00819. The van der Waals surface area contributed by atoms with Crippen LogP contribution in [-0.4, -0.2) is 17.3 Å². The summed E-state index contributed by atoms with van der Waals surface area (Å²) in [6.07, 6.45) is 3.24. The standard InChI is InChI=1S/C10H12O3/c11-7-5-8(12)10(9(13)6-7)3-1-2-4-10/h1-6H2. The zero-order chi connectivity index (χ0) is 9.47. The van der Waals surface area contributed by atoms with Crippen molar-refractivity contribution in [2.24, 2.45) is 5.41 Å². The summed E-state index contributed by atoms with van der Waals surface area (Å²) in [5.74, 6) is -0.440. The van der Waals surface area contributed by atoms with Crippen molar-refractivity contribution >= 4 is 17.3 Å². The Hall–Kier alpha value is -0.990. The Bertz CT molecular complexity index is 263. The van der Waals surface area contributed by atoms with Gasteiger partial charge in [-0.3, -0.25) is 14.4 Å². The van der Waals surface area contributed by atoms with Crippen LogP contribution in [0.15, 0.2) is 0 Å². The summed E-state index contributed by atoms with van der Waals surface area (Å²) in [5.41, 5.74) is -0.728. The summed E-state index contributed by atoms with van der Waals surface area (Å²) >= 11 is 0. The van der Waals surface area contributed by atoms with Crippen molar-refractivity contribution in [1.29, 1.82) is 0 Å². The maximum Gasteiger partial charge on any atom is 0.153 e. The van der Waals surface area contributed by atoms with Gasteiger partial charge in [-0.1, -0.05) is 12.8 Å². The molecule has 0 amide bonds. The van der Waals surface area contributed by atoms with E-state index in [1.54, 1.807) is 0 Å². The third-order valence-corrected chi connectivity index (χ3v) is 3.24. The first-order valence-electron chi connectivity index (χ1n) is 4.73. The molecule has 1 spiro atoms. The number of carbonyl (C=O) groups is 3. The number of rotatable bonds is 0. The highest BCUT2D eigenvalue weighted by Gasteiger charge is 2.50. The predicted molar refractivity (Wildman–Crippen MR) is 45.2 cm³/mol. The van der Waals surface area contributed by atoms with Gasteiger partial charge in [0.25, 0.3) is 0 Å². The Balaban J connectivity index is 2.31. The highest BCUT2D eigenvalue weighted by Crippen LogP contribution is 2.43. The van der Waals surface area contributed by atoms with Crippen LogP contribution in [0.4, 0.5) is 0 Å². The maximum atomic E-state index is 11.6. The molecule has 70 valence electrons. The van der Waals surface area contributed by atoms with E-state index >= 15 is 0 Å². The molecule has 0 radical (unpaired) electrons. The Labute approximate surface area is 76.5 Å². The van der Waals surface area contributed by atoms with E-state index in [-0.39, 0.29) is 30.2 Å². The Morgan fingerprint density at radius 1 is 0.846 bits per heavy atom. The molecule has 0 bridgehead atoms. The summed E-state index contributed by atoms with van der Waals surface area (Å²) < 4.78 is 0. The van der Waals surface area contributed by atoms with Crippen LogP contribution >= 0.6 is 0 Å². The first-order chi connectivity index (χ1) is 6.15. The van der Waals surface area contributed by atoms with Gasteiger partial charge in [0, 0.05) is 0 Å². The van der Waals surface area contributed by atoms with Crippen molar-refractivity contribution in [3.05, 3.63) is 0 Å². The molecule has 0 aromatic rings. The minimum atomic E-state index is -0.728. The molecule has 0 aromatic heterocycles. The van der Waals surface area contributed by atoms with Crippen LogP contribution in [0.1, 0.15) is 38.5 Å². The molecule has 0 atom stereocenters. The van der Waals surface area contributed by atoms with E-state index in [4.69, 9.17) is 0 Å². The van der Waals surface area contributed by atoms with Gasteiger partial charge >= 0.3 is 0 Å². The van der Waals surface area contributed by atoms with Crippen molar-refractivity contribution in [3.8, 4) is 0 Å². The van der Waals surface area contributed by atoms with E-state index in [1.165, 1.54) is 0 Å². The van der Waals surface area contributed by atoms with Gasteiger partial charge in [0.1, 0.15) is 5.78 Å². The Kier molecular flexibility index (Phi) is 1.82. The molecule has 13 heavy (non-hydrogen) atoms. The highest BCUT2D eigenvalue weighted by molar-refractivity contribution is 6.23. The zero-order valence-corrected chi connectivity index (χ0v) is 7.47. The molecule has 0 heterocycles. The molecule has 2 aliphatic rings. The van der Waals surface area contributed by atoms with E-state index in [1.807, 2.05) is 0 Å². The monoisotopic (exact) mass is 180 g/mol. The van der Waals surface area contributed by atoms with E-state index in [9.17, 15) is 14.4 Å². The van der Waals surface area contributed by atoms with Crippen LogP contribution in [0.5, 0.6) is 0 Å². The molecule has 0 aliphatic heterocycles. The smallest absolute Gasteiger partial charge is 0.153 e. The fourth-order valence-corrected chi connectivity index (χ4v) is 2.45. The van der Waals surface area contributed by atoms with Gasteiger partial charge in [-0.15, -0.1) is 0 Å². The highest BCUT2D eigenvalue weighted by atomic mass is 16.2. The molecule has 0 aromatic carbocycles. The van der Waals surface area contributed by atoms with E-state index in [0.717, 1.165) is 12.8 Å². The number of hydrogen-bond donors (Lipinski definition) is 0. The quantitative estimate of drug-likeness (QED) is 0.523. The molecular formula is C10H12O3. The second-order valence-electron chi connectivity index (χ2n) is 4.03. The van der Waals surface area contributed by atoms with Crippen molar-refractivity contribution in [1.82, 2.24) is 0 Å². The van der Waals surface area contributed by atoms with Gasteiger partial charge in [-0.25, -0.2) is 0 Å². The van der Waals surface area contributed by atoms with Gasteiger partial charge in [0.05, 0.1) is 18.3 Å². The zero-order valence-electron chi connectivity index (χ0n) is 7.47. The molecule has 0 unspecified atom stereocenters. The summed E-state index contributed by atoms with van der Waals surface area (Å²) in [4.78, 5) is 34.2. The number of carbonyl (C=O) groups excluding carboxylic acids is 3. The van der Waals surface area contributed by atoms with Crippen molar-refractivity contribution in [3.63, 3.8) is 0 Å². The first-order valence-corrected chi connectivity index (χ1v) is 4.73. The Morgan fingerprint density at radius 3 is 1.77 bits per heavy atom. The van der Waals surface area contributed by atoms with Crippen molar-refractivity contribution in [2.45, 2.75) is 38.5 Å². The second-order valence-corrected chi connectivity index (χ2v) is 4.03. The molecule has 0 saturated heterocycles. The van der Waals surface area contributed by atoms with Gasteiger partial charge in [0.2, 0.25) is 0 Å². The fourth-order valence-electron chi connectivity index (χ4n) is 2.45. The van der Waals surface area contributed by atoms with Crippen LogP contribution in [0, 0.1) is 5.41 Å². The van der Waals surface area contributed by atoms with Crippen LogP contribution < -0.4 is 0 Å². The third kappa shape index (κ3) is 1.14. The molecule has 2 rings (SSSR count). The SMILES string of the molecule is O=C1CC(=O)C2(CCCC2)C(=O)C1. The van der Waals surface area contributed by atoms with Gasteiger partial charge in [-0.2, -0.15) is 0 Å². The first kappa shape index (κ1) is 8.60. The lowest BCUT2D eigenvalue weighted by Gasteiger charge is -2.28. The summed E-state index contributed by atoms with van der Waals surface area (Å²) in [7, 11) is 0. The maximum absolute atomic E-state index is 11.6. The normalized spacial score (nSPS) is 27.2. The summed E-state index contributed by atoms with van der Waals surface area (Å²) in [5, 5.41) is 0. The average molecular weight is 180 g/mol. The fraction of sp³-hybridized carbons (Fsp3) is 0.700. The van der Waals surface area contributed by atoms with Crippen molar-refractivity contribution in [2.75, 3.05) is 0 Å². The molecule has 3 heteroatoms. The van der Waals surface area contributed by atoms with Gasteiger partial charge in [0.15, 0.2) is 11.6 Å². The topological polar surface area (TPSA) is 51.2 Å². The number of ketones is 3. The molecule has 2 saturated carbocycles. The molecule has 0 N–H and O–H groups in total. The summed E-state index contributed by atoms with van der Waals surface area (Å²) in [6, 6.07) is 0. The lowest BCUT2D eigenvalue weighted by atomic mass is 9.70. The average Bonchev–Trinajstić information content (AvgIpc) is 2.50. The van der Waals surface area contributed by atoms with Crippen molar-refractivity contribution < 1.29 is 14.4 Å². The third-order valence-electron chi connectivity index (χ3n) is 3.24. The predicted octanol–water partition coefficient (Wildman–Crippen LogP) is 1.05. The van der Waals surface area contributed by atoms with Crippen LogP contribution in [0.2, 0.25) is 0 Å². The molecule has 2 aliphatic carbocycles.